The number of benzene rings is 2. The van der Waals surface area contributed by atoms with Crippen LogP contribution in [0.2, 0.25) is 0 Å². The molecule has 0 heterocycles. The van der Waals surface area contributed by atoms with Gasteiger partial charge in [-0.25, -0.2) is 4.79 Å². The van der Waals surface area contributed by atoms with Gasteiger partial charge in [0.25, 0.3) is 0 Å². The molecule has 2 aromatic rings. The average molecular weight is 331 g/mol. The third-order valence-corrected chi connectivity index (χ3v) is 3.41. The second-order valence-electron chi connectivity index (χ2n) is 5.04. The lowest BCUT2D eigenvalue weighted by Gasteiger charge is -2.10. The van der Waals surface area contributed by atoms with Gasteiger partial charge in [-0.1, -0.05) is 11.6 Å². The third-order valence-electron chi connectivity index (χ3n) is 3.41. The van der Waals surface area contributed by atoms with Gasteiger partial charge in [0, 0.05) is 11.6 Å². The van der Waals surface area contributed by atoms with E-state index in [9.17, 15) is 14.9 Å². The second-order valence-corrected chi connectivity index (χ2v) is 5.04. The summed E-state index contributed by atoms with van der Waals surface area (Å²) >= 11 is 0. The van der Waals surface area contributed by atoms with Crippen molar-refractivity contribution in [3.05, 3.63) is 63.2 Å². The van der Waals surface area contributed by atoms with Gasteiger partial charge < -0.3 is 14.2 Å². The van der Waals surface area contributed by atoms with Crippen molar-refractivity contribution in [2.24, 2.45) is 0 Å². The number of aryl methyl sites for hydroxylation is 1. The number of esters is 1. The minimum Gasteiger partial charge on any atom is -0.496 e. The zero-order valence-corrected chi connectivity index (χ0v) is 13.6. The van der Waals surface area contributed by atoms with Gasteiger partial charge in [-0.3, -0.25) is 10.1 Å². The molecule has 24 heavy (non-hydrogen) atoms. The van der Waals surface area contributed by atoms with Crippen LogP contribution in [0.1, 0.15) is 21.5 Å². The summed E-state index contributed by atoms with van der Waals surface area (Å²) in [4.78, 5) is 22.6. The van der Waals surface area contributed by atoms with Gasteiger partial charge in [0.2, 0.25) is 0 Å². The van der Waals surface area contributed by atoms with Gasteiger partial charge >= 0.3 is 11.7 Å². The Bertz CT molecular complexity index is 772. The van der Waals surface area contributed by atoms with E-state index in [1.807, 2.05) is 19.1 Å². The first-order valence-electron chi connectivity index (χ1n) is 7.09. The van der Waals surface area contributed by atoms with Gasteiger partial charge in [0.1, 0.15) is 12.4 Å². The molecular formula is C17H17NO6. The number of nitro groups is 1. The predicted molar refractivity (Wildman–Crippen MR) is 86.5 cm³/mol. The highest BCUT2D eigenvalue weighted by atomic mass is 16.6. The SMILES string of the molecule is COc1ccc(C)cc1COC(=O)c1ccc(OC)c([N+](=O)[O-])c1. The molecule has 126 valence electrons. The van der Waals surface area contributed by atoms with Crippen LogP contribution in [0.25, 0.3) is 0 Å². The molecule has 7 heteroatoms. The Kier molecular flexibility index (Phi) is 5.36. The molecule has 0 spiro atoms. The second kappa shape index (κ2) is 7.45. The number of nitrogens with zero attached hydrogens (tertiary/aromatic N) is 1. The molecule has 7 nitrogen and oxygen atoms in total. The summed E-state index contributed by atoms with van der Waals surface area (Å²) in [5, 5.41) is 11.0. The maximum Gasteiger partial charge on any atom is 0.338 e. The van der Waals surface area contributed by atoms with E-state index in [-0.39, 0.29) is 23.6 Å². The first-order valence-corrected chi connectivity index (χ1v) is 7.09. The monoisotopic (exact) mass is 331 g/mol. The van der Waals surface area contributed by atoms with Gasteiger partial charge in [-0.2, -0.15) is 0 Å². The summed E-state index contributed by atoms with van der Waals surface area (Å²) < 4.78 is 15.4. The molecule has 0 bridgehead atoms. The van der Waals surface area contributed by atoms with E-state index in [2.05, 4.69) is 0 Å². The predicted octanol–water partition coefficient (Wildman–Crippen LogP) is 3.28. The fraction of sp³-hybridized carbons (Fsp3) is 0.235. The van der Waals surface area contributed by atoms with Crippen LogP contribution in [0.3, 0.4) is 0 Å². The van der Waals surface area contributed by atoms with Crippen molar-refractivity contribution in [1.82, 2.24) is 0 Å². The van der Waals surface area contributed by atoms with Crippen LogP contribution in [-0.4, -0.2) is 25.1 Å². The third kappa shape index (κ3) is 3.81. The molecule has 0 atom stereocenters. The number of ether oxygens (including phenoxy) is 3. The lowest BCUT2D eigenvalue weighted by Crippen LogP contribution is -2.07. The van der Waals surface area contributed by atoms with Gasteiger partial charge in [-0.15, -0.1) is 0 Å². The van der Waals surface area contributed by atoms with Crippen molar-refractivity contribution in [2.45, 2.75) is 13.5 Å². The molecule has 0 aliphatic carbocycles. The Morgan fingerprint density at radius 2 is 1.75 bits per heavy atom. The molecule has 2 aromatic carbocycles. The topological polar surface area (TPSA) is 87.9 Å². The average Bonchev–Trinajstić information content (AvgIpc) is 2.59. The van der Waals surface area contributed by atoms with E-state index in [1.165, 1.54) is 26.4 Å². The highest BCUT2D eigenvalue weighted by Crippen LogP contribution is 2.28. The molecule has 0 aliphatic rings. The molecule has 0 aromatic heterocycles. The fourth-order valence-corrected chi connectivity index (χ4v) is 2.21. The molecule has 0 N–H and O–H groups in total. The van der Waals surface area contributed by atoms with E-state index in [0.717, 1.165) is 11.6 Å². The summed E-state index contributed by atoms with van der Waals surface area (Å²) in [6, 6.07) is 9.44. The maximum atomic E-state index is 12.2. The number of hydrogen-bond acceptors (Lipinski definition) is 6. The largest absolute Gasteiger partial charge is 0.496 e. The summed E-state index contributed by atoms with van der Waals surface area (Å²) in [6.07, 6.45) is 0. The standard InChI is InChI=1S/C17H17NO6/c1-11-4-6-15(22-2)13(8-11)10-24-17(19)12-5-7-16(23-3)14(9-12)18(20)21/h4-9H,10H2,1-3H3. The maximum absolute atomic E-state index is 12.2. The fourth-order valence-electron chi connectivity index (χ4n) is 2.21. The van der Waals surface area contributed by atoms with E-state index in [4.69, 9.17) is 14.2 Å². The Morgan fingerprint density at radius 3 is 2.38 bits per heavy atom. The molecule has 0 radical (unpaired) electrons. The first-order chi connectivity index (χ1) is 11.5. The number of hydrogen-bond donors (Lipinski definition) is 0. The number of carbonyl (C=O) groups is 1. The normalized spacial score (nSPS) is 10.1. The van der Waals surface area contributed by atoms with Gasteiger partial charge in [0.15, 0.2) is 5.75 Å². The van der Waals surface area contributed by atoms with Crippen molar-refractivity contribution >= 4 is 11.7 Å². The summed E-state index contributed by atoms with van der Waals surface area (Å²) in [5.74, 6) is 0.0235. The lowest BCUT2D eigenvalue weighted by molar-refractivity contribution is -0.385. The number of carbonyl (C=O) groups excluding carboxylic acids is 1. The highest BCUT2D eigenvalue weighted by molar-refractivity contribution is 5.90. The smallest absolute Gasteiger partial charge is 0.338 e. The summed E-state index contributed by atoms with van der Waals surface area (Å²) in [5.41, 5.74) is 1.50. The first kappa shape index (κ1) is 17.3. The van der Waals surface area contributed by atoms with Crippen LogP contribution >= 0.6 is 0 Å². The van der Waals surface area contributed by atoms with Crippen molar-refractivity contribution in [1.29, 1.82) is 0 Å². The Balaban J connectivity index is 2.17. The molecule has 2 rings (SSSR count). The number of nitro benzene ring substituents is 1. The van der Waals surface area contributed by atoms with E-state index in [1.54, 1.807) is 6.07 Å². The van der Waals surface area contributed by atoms with E-state index in [0.29, 0.717) is 11.3 Å². The quantitative estimate of drug-likeness (QED) is 0.458. The van der Waals surface area contributed by atoms with Crippen LogP contribution in [0, 0.1) is 17.0 Å². The Hall–Kier alpha value is -3.09. The summed E-state index contributed by atoms with van der Waals surface area (Å²) in [7, 11) is 2.85. The Labute approximate surface area is 138 Å². The highest BCUT2D eigenvalue weighted by Gasteiger charge is 2.19. The van der Waals surface area contributed by atoms with E-state index >= 15 is 0 Å². The zero-order chi connectivity index (χ0) is 17.7. The zero-order valence-electron chi connectivity index (χ0n) is 13.6. The van der Waals surface area contributed by atoms with Crippen LogP contribution in [0.4, 0.5) is 5.69 Å². The van der Waals surface area contributed by atoms with Crippen molar-refractivity contribution in [3.63, 3.8) is 0 Å². The van der Waals surface area contributed by atoms with Crippen molar-refractivity contribution in [3.8, 4) is 11.5 Å². The molecule has 0 amide bonds. The van der Waals surface area contributed by atoms with Crippen molar-refractivity contribution in [2.75, 3.05) is 14.2 Å². The minimum atomic E-state index is -0.663. The Morgan fingerprint density at radius 1 is 1.08 bits per heavy atom. The van der Waals surface area contributed by atoms with Crippen LogP contribution in [0.15, 0.2) is 36.4 Å². The summed E-state index contributed by atoms with van der Waals surface area (Å²) in [6.45, 7) is 1.92. The molecule has 0 saturated heterocycles. The van der Waals surface area contributed by atoms with Crippen LogP contribution in [0.5, 0.6) is 11.5 Å². The van der Waals surface area contributed by atoms with Gasteiger partial charge in [0.05, 0.1) is 24.7 Å². The molecule has 0 saturated carbocycles. The number of methoxy groups -OCH3 is 2. The molecule has 0 aliphatic heterocycles. The number of rotatable bonds is 6. The lowest BCUT2D eigenvalue weighted by atomic mass is 10.1. The molecule has 0 fully saturated rings. The molecular weight excluding hydrogens is 314 g/mol. The van der Waals surface area contributed by atoms with E-state index < -0.39 is 10.9 Å². The van der Waals surface area contributed by atoms with Crippen LogP contribution < -0.4 is 9.47 Å². The minimum absolute atomic E-state index is 0.00349. The van der Waals surface area contributed by atoms with Crippen molar-refractivity contribution < 1.29 is 23.9 Å². The van der Waals surface area contributed by atoms with Gasteiger partial charge in [-0.05, 0) is 31.2 Å². The van der Waals surface area contributed by atoms with Crippen LogP contribution in [-0.2, 0) is 11.3 Å². The molecule has 0 unspecified atom stereocenters.